The Morgan fingerprint density at radius 3 is 2.00 bits per heavy atom. The van der Waals surface area contributed by atoms with E-state index < -0.39 is 29.7 Å². The van der Waals surface area contributed by atoms with E-state index in [0.29, 0.717) is 0 Å². The van der Waals surface area contributed by atoms with Crippen LogP contribution in [-0.4, -0.2) is 17.7 Å². The van der Waals surface area contributed by atoms with Crippen molar-refractivity contribution >= 4 is 17.7 Å². The molecule has 0 aromatic carbocycles. The molecule has 1 heterocycles. The van der Waals surface area contributed by atoms with Crippen LogP contribution in [0.5, 0.6) is 0 Å². The van der Waals surface area contributed by atoms with Gasteiger partial charge in [0.1, 0.15) is 5.78 Å². The Balaban J connectivity index is 2.34. The van der Waals surface area contributed by atoms with Gasteiger partial charge in [0.05, 0.1) is 11.8 Å². The molecular weight excluding hydrogens is 196 g/mol. The van der Waals surface area contributed by atoms with E-state index in [1.807, 2.05) is 0 Å². The largest absolute Gasteiger partial charge is 0.393 e. The molecule has 2 fully saturated rings. The van der Waals surface area contributed by atoms with Crippen molar-refractivity contribution in [3.05, 3.63) is 12.2 Å². The molecule has 4 nitrogen and oxygen atoms in total. The predicted octanol–water partition coefficient (Wildman–Crippen LogP) is 0.713. The van der Waals surface area contributed by atoms with Crippen LogP contribution in [-0.2, 0) is 19.1 Å². The molecule has 4 unspecified atom stereocenters. The third-order valence-corrected chi connectivity index (χ3v) is 3.33. The van der Waals surface area contributed by atoms with Crippen molar-refractivity contribution in [3.8, 4) is 0 Å². The van der Waals surface area contributed by atoms with Gasteiger partial charge in [0, 0.05) is 11.8 Å². The lowest BCUT2D eigenvalue weighted by Crippen LogP contribution is -2.52. The molecule has 0 amide bonds. The summed E-state index contributed by atoms with van der Waals surface area (Å²) in [5.41, 5.74) is 0.767. The quantitative estimate of drug-likeness (QED) is 0.381. The zero-order valence-corrected chi connectivity index (χ0v) is 8.65. The molecule has 80 valence electrons. The molecule has 1 aliphatic carbocycles. The van der Waals surface area contributed by atoms with Crippen LogP contribution >= 0.6 is 0 Å². The molecular formula is C11H12O4. The first-order chi connectivity index (χ1) is 6.95. The molecule has 4 atom stereocenters. The summed E-state index contributed by atoms with van der Waals surface area (Å²) < 4.78 is 4.54. The second kappa shape index (κ2) is 3.02. The zero-order chi connectivity index (χ0) is 11.3. The van der Waals surface area contributed by atoms with E-state index in [1.165, 1.54) is 6.92 Å². The highest BCUT2D eigenvalue weighted by Gasteiger charge is 2.64. The molecule has 1 aliphatic heterocycles. The Morgan fingerprint density at radius 2 is 1.60 bits per heavy atom. The van der Waals surface area contributed by atoms with Crippen molar-refractivity contribution in [2.24, 2.45) is 23.7 Å². The van der Waals surface area contributed by atoms with Crippen molar-refractivity contribution in [2.75, 3.05) is 0 Å². The molecule has 0 radical (unpaired) electrons. The summed E-state index contributed by atoms with van der Waals surface area (Å²) in [6.07, 6.45) is 0. The average Bonchev–Trinajstić information content (AvgIpc) is 2.19. The zero-order valence-electron chi connectivity index (χ0n) is 8.65. The Bertz CT molecular complexity index is 346. The number of ether oxygens (including phenoxy) is 1. The second-order valence-electron chi connectivity index (χ2n) is 4.30. The Labute approximate surface area is 87.3 Å². The van der Waals surface area contributed by atoms with Gasteiger partial charge in [-0.15, -0.1) is 0 Å². The van der Waals surface area contributed by atoms with E-state index in [9.17, 15) is 14.4 Å². The first-order valence-electron chi connectivity index (χ1n) is 4.86. The molecule has 15 heavy (non-hydrogen) atoms. The number of rotatable bonds is 2. The topological polar surface area (TPSA) is 60.4 Å². The van der Waals surface area contributed by atoms with Crippen LogP contribution in [0.4, 0.5) is 0 Å². The molecule has 0 spiro atoms. The average molecular weight is 208 g/mol. The third kappa shape index (κ3) is 1.17. The number of Topliss-reactive ketones (excluding diaryl/α,β-unsaturated/α-hetero) is 1. The number of hydrogen-bond donors (Lipinski definition) is 0. The summed E-state index contributed by atoms with van der Waals surface area (Å²) >= 11 is 0. The fourth-order valence-corrected chi connectivity index (χ4v) is 2.69. The maximum Gasteiger partial charge on any atom is 0.318 e. The van der Waals surface area contributed by atoms with Crippen molar-refractivity contribution in [1.29, 1.82) is 0 Å². The summed E-state index contributed by atoms with van der Waals surface area (Å²) in [7, 11) is 0. The standard InChI is InChI=1S/C11H12O4/c1-4(2)6-7(5(3)12)9-8(6)10(13)15-11(9)14/h6-9H,1H2,2-3H3. The van der Waals surface area contributed by atoms with Crippen LogP contribution in [0.15, 0.2) is 12.2 Å². The number of cyclic esters (lactones) is 2. The number of esters is 2. The first kappa shape index (κ1) is 10.1. The number of allylic oxidation sites excluding steroid dienone is 1. The van der Waals surface area contributed by atoms with Crippen molar-refractivity contribution in [3.63, 3.8) is 0 Å². The third-order valence-electron chi connectivity index (χ3n) is 3.33. The van der Waals surface area contributed by atoms with Gasteiger partial charge in [0.25, 0.3) is 0 Å². The smallest absolute Gasteiger partial charge is 0.318 e. The Hall–Kier alpha value is -1.45. The lowest BCUT2D eigenvalue weighted by molar-refractivity contribution is -0.153. The van der Waals surface area contributed by atoms with E-state index in [2.05, 4.69) is 11.3 Å². The molecule has 4 heteroatoms. The fraction of sp³-hybridized carbons (Fsp3) is 0.545. The highest BCUT2D eigenvalue weighted by Crippen LogP contribution is 2.53. The minimum Gasteiger partial charge on any atom is -0.393 e. The van der Waals surface area contributed by atoms with Gasteiger partial charge in [0.15, 0.2) is 0 Å². The van der Waals surface area contributed by atoms with Crippen LogP contribution in [0, 0.1) is 23.7 Å². The van der Waals surface area contributed by atoms with Gasteiger partial charge in [-0.05, 0) is 13.8 Å². The van der Waals surface area contributed by atoms with Crippen molar-refractivity contribution < 1.29 is 19.1 Å². The van der Waals surface area contributed by atoms with E-state index in [1.54, 1.807) is 6.92 Å². The summed E-state index contributed by atoms with van der Waals surface area (Å²) in [6.45, 7) is 6.97. The summed E-state index contributed by atoms with van der Waals surface area (Å²) in [5, 5.41) is 0. The first-order valence-corrected chi connectivity index (χ1v) is 4.86. The number of carbonyl (C=O) groups is 3. The van der Waals surface area contributed by atoms with Gasteiger partial charge in [-0.3, -0.25) is 14.4 Å². The van der Waals surface area contributed by atoms with Gasteiger partial charge in [-0.2, -0.15) is 0 Å². The molecule has 2 rings (SSSR count). The maximum atomic E-state index is 11.4. The van der Waals surface area contributed by atoms with Gasteiger partial charge in [-0.1, -0.05) is 12.2 Å². The van der Waals surface area contributed by atoms with E-state index in [0.717, 1.165) is 5.57 Å². The van der Waals surface area contributed by atoms with Crippen molar-refractivity contribution in [1.82, 2.24) is 0 Å². The highest BCUT2D eigenvalue weighted by atomic mass is 16.6. The van der Waals surface area contributed by atoms with Gasteiger partial charge < -0.3 is 4.74 Å². The molecule has 0 bridgehead atoms. The van der Waals surface area contributed by atoms with Crippen LogP contribution in [0.2, 0.25) is 0 Å². The highest BCUT2D eigenvalue weighted by molar-refractivity contribution is 6.02. The summed E-state index contributed by atoms with van der Waals surface area (Å²) in [4.78, 5) is 34.0. The summed E-state index contributed by atoms with van der Waals surface area (Å²) in [5.74, 6) is -2.78. The minimum atomic E-state index is -0.559. The number of hydrogen-bond acceptors (Lipinski definition) is 4. The SMILES string of the molecule is C=C(C)C1C(C(C)=O)C2C(=O)OC(=O)C12. The van der Waals surface area contributed by atoms with E-state index in [4.69, 9.17) is 0 Å². The van der Waals surface area contributed by atoms with Gasteiger partial charge >= 0.3 is 11.9 Å². The normalized spacial score (nSPS) is 38.0. The van der Waals surface area contributed by atoms with Crippen molar-refractivity contribution in [2.45, 2.75) is 13.8 Å². The number of fused-ring (bicyclic) bond motifs is 1. The fourth-order valence-electron chi connectivity index (χ4n) is 2.69. The predicted molar refractivity (Wildman–Crippen MR) is 50.6 cm³/mol. The lowest BCUT2D eigenvalue weighted by Gasteiger charge is -2.43. The van der Waals surface area contributed by atoms with Crippen LogP contribution in [0.3, 0.4) is 0 Å². The van der Waals surface area contributed by atoms with Crippen LogP contribution in [0.25, 0.3) is 0 Å². The van der Waals surface area contributed by atoms with Gasteiger partial charge in [0.2, 0.25) is 0 Å². The molecule has 1 saturated carbocycles. The molecule has 0 aromatic heterocycles. The lowest BCUT2D eigenvalue weighted by atomic mass is 9.54. The Kier molecular flexibility index (Phi) is 2.03. The molecule has 2 aliphatic rings. The van der Waals surface area contributed by atoms with Crippen LogP contribution < -0.4 is 0 Å². The maximum absolute atomic E-state index is 11.4. The van der Waals surface area contributed by atoms with E-state index >= 15 is 0 Å². The van der Waals surface area contributed by atoms with Gasteiger partial charge in [-0.25, -0.2) is 0 Å². The Morgan fingerprint density at radius 1 is 1.13 bits per heavy atom. The van der Waals surface area contributed by atoms with Crippen LogP contribution in [0.1, 0.15) is 13.8 Å². The minimum absolute atomic E-state index is 0.0732. The molecule has 0 N–H and O–H groups in total. The second-order valence-corrected chi connectivity index (χ2v) is 4.30. The summed E-state index contributed by atoms with van der Waals surface area (Å²) in [6, 6.07) is 0. The monoisotopic (exact) mass is 208 g/mol. The number of carbonyl (C=O) groups excluding carboxylic acids is 3. The molecule has 1 saturated heterocycles. The number of ketones is 1. The van der Waals surface area contributed by atoms with E-state index in [-0.39, 0.29) is 11.7 Å². The molecule has 0 aromatic rings.